The first kappa shape index (κ1) is 13.7. The highest BCUT2D eigenvalue weighted by Gasteiger charge is 2.05. The fourth-order valence-corrected chi connectivity index (χ4v) is 1.66. The Kier molecular flexibility index (Phi) is 4.05. The van der Waals surface area contributed by atoms with Crippen molar-refractivity contribution in [3.8, 4) is 11.5 Å². The molecule has 0 aliphatic carbocycles. The summed E-state index contributed by atoms with van der Waals surface area (Å²) in [7, 11) is 3.11. The second kappa shape index (κ2) is 5.92. The van der Waals surface area contributed by atoms with E-state index in [1.807, 2.05) is 0 Å². The SMILES string of the molecule is COc1cc(N)ccc1/N=N/c1ccc(N)cc1OC. The van der Waals surface area contributed by atoms with Crippen LogP contribution in [0.3, 0.4) is 0 Å². The first-order valence-corrected chi connectivity index (χ1v) is 5.93. The summed E-state index contributed by atoms with van der Waals surface area (Å²) in [5.41, 5.74) is 13.7. The lowest BCUT2D eigenvalue weighted by Gasteiger charge is -2.06. The third-order valence-electron chi connectivity index (χ3n) is 2.67. The van der Waals surface area contributed by atoms with Crippen molar-refractivity contribution in [2.75, 3.05) is 25.7 Å². The van der Waals surface area contributed by atoms with E-state index in [-0.39, 0.29) is 0 Å². The molecule has 0 aliphatic heterocycles. The molecule has 2 aromatic rings. The number of nitrogens with two attached hydrogens (primary N) is 2. The normalized spacial score (nSPS) is 10.7. The van der Waals surface area contributed by atoms with Gasteiger partial charge in [0.25, 0.3) is 0 Å². The molecule has 0 amide bonds. The number of rotatable bonds is 4. The van der Waals surface area contributed by atoms with E-state index >= 15 is 0 Å². The van der Waals surface area contributed by atoms with Gasteiger partial charge in [0.15, 0.2) is 0 Å². The first-order chi connectivity index (χ1) is 9.63. The molecule has 2 rings (SSSR count). The molecule has 20 heavy (non-hydrogen) atoms. The van der Waals surface area contributed by atoms with Crippen molar-refractivity contribution in [1.29, 1.82) is 0 Å². The van der Waals surface area contributed by atoms with Crippen molar-refractivity contribution in [3.63, 3.8) is 0 Å². The molecule has 2 aromatic carbocycles. The van der Waals surface area contributed by atoms with E-state index in [0.717, 1.165) is 0 Å². The summed E-state index contributed by atoms with van der Waals surface area (Å²) in [6.07, 6.45) is 0. The minimum absolute atomic E-state index is 0.558. The molecule has 6 nitrogen and oxygen atoms in total. The molecule has 0 atom stereocenters. The highest BCUT2D eigenvalue weighted by Crippen LogP contribution is 2.34. The summed E-state index contributed by atoms with van der Waals surface area (Å²) in [6, 6.07) is 10.3. The summed E-state index contributed by atoms with van der Waals surface area (Å²) in [4.78, 5) is 0. The number of nitrogens with zero attached hydrogens (tertiary/aromatic N) is 2. The zero-order chi connectivity index (χ0) is 14.5. The lowest BCUT2D eigenvalue weighted by atomic mass is 10.2. The van der Waals surface area contributed by atoms with Gasteiger partial charge in [-0.15, -0.1) is 10.2 Å². The van der Waals surface area contributed by atoms with Gasteiger partial charge in [0, 0.05) is 23.5 Å². The lowest BCUT2D eigenvalue weighted by molar-refractivity contribution is 0.414. The van der Waals surface area contributed by atoms with Crippen LogP contribution in [0.5, 0.6) is 11.5 Å². The van der Waals surface area contributed by atoms with Crippen LogP contribution in [0.4, 0.5) is 22.7 Å². The summed E-state index contributed by atoms with van der Waals surface area (Å²) in [6.45, 7) is 0. The Hall–Kier alpha value is -2.76. The monoisotopic (exact) mass is 272 g/mol. The molecule has 0 radical (unpaired) electrons. The van der Waals surface area contributed by atoms with Gasteiger partial charge in [-0.3, -0.25) is 0 Å². The van der Waals surface area contributed by atoms with E-state index in [1.54, 1.807) is 50.6 Å². The third-order valence-corrected chi connectivity index (χ3v) is 2.67. The maximum absolute atomic E-state index is 5.69. The Morgan fingerprint density at radius 1 is 0.750 bits per heavy atom. The summed E-state index contributed by atoms with van der Waals surface area (Å²) in [5, 5.41) is 8.30. The lowest BCUT2D eigenvalue weighted by Crippen LogP contribution is -1.88. The van der Waals surface area contributed by atoms with Crippen LogP contribution in [0.2, 0.25) is 0 Å². The number of hydrogen-bond acceptors (Lipinski definition) is 6. The highest BCUT2D eigenvalue weighted by molar-refractivity contribution is 5.61. The summed E-state index contributed by atoms with van der Waals surface area (Å²) < 4.78 is 10.4. The maximum Gasteiger partial charge on any atom is 0.148 e. The number of hydrogen-bond donors (Lipinski definition) is 2. The number of benzene rings is 2. The van der Waals surface area contributed by atoms with Gasteiger partial charge in [0.1, 0.15) is 22.9 Å². The number of azo groups is 1. The van der Waals surface area contributed by atoms with Crippen molar-refractivity contribution in [3.05, 3.63) is 36.4 Å². The van der Waals surface area contributed by atoms with Gasteiger partial charge >= 0.3 is 0 Å². The van der Waals surface area contributed by atoms with Gasteiger partial charge in [0.2, 0.25) is 0 Å². The summed E-state index contributed by atoms with van der Waals surface area (Å²) >= 11 is 0. The maximum atomic E-state index is 5.69. The second-order valence-electron chi connectivity index (χ2n) is 4.06. The van der Waals surface area contributed by atoms with Crippen molar-refractivity contribution < 1.29 is 9.47 Å². The van der Waals surface area contributed by atoms with Gasteiger partial charge in [0.05, 0.1) is 14.2 Å². The summed E-state index contributed by atoms with van der Waals surface area (Å²) in [5.74, 6) is 1.12. The Morgan fingerprint density at radius 3 is 1.50 bits per heavy atom. The van der Waals surface area contributed by atoms with E-state index in [9.17, 15) is 0 Å². The van der Waals surface area contributed by atoms with Crippen LogP contribution in [-0.2, 0) is 0 Å². The van der Waals surface area contributed by atoms with E-state index in [2.05, 4.69) is 10.2 Å². The van der Waals surface area contributed by atoms with Crippen molar-refractivity contribution in [2.24, 2.45) is 10.2 Å². The molecule has 0 saturated carbocycles. The molecule has 0 bridgehead atoms. The van der Waals surface area contributed by atoms with Crippen LogP contribution < -0.4 is 20.9 Å². The molecule has 0 unspecified atom stereocenters. The zero-order valence-corrected chi connectivity index (χ0v) is 11.3. The van der Waals surface area contributed by atoms with Crippen LogP contribution >= 0.6 is 0 Å². The molecule has 0 saturated heterocycles. The van der Waals surface area contributed by atoms with Gasteiger partial charge in [-0.1, -0.05) is 0 Å². The predicted octanol–water partition coefficient (Wildman–Crippen LogP) is 3.28. The van der Waals surface area contributed by atoms with Crippen LogP contribution in [0, 0.1) is 0 Å². The number of anilines is 2. The minimum atomic E-state index is 0.558. The Bertz CT molecular complexity index is 586. The topological polar surface area (TPSA) is 95.2 Å². The molecular formula is C14H16N4O2. The average molecular weight is 272 g/mol. The smallest absolute Gasteiger partial charge is 0.148 e. The second-order valence-corrected chi connectivity index (χ2v) is 4.06. The molecular weight excluding hydrogens is 256 g/mol. The molecule has 0 aliphatic rings. The van der Waals surface area contributed by atoms with Gasteiger partial charge in [-0.25, -0.2) is 0 Å². The first-order valence-electron chi connectivity index (χ1n) is 5.93. The van der Waals surface area contributed by atoms with Gasteiger partial charge in [-0.05, 0) is 24.3 Å². The van der Waals surface area contributed by atoms with Crippen molar-refractivity contribution >= 4 is 22.7 Å². The molecule has 4 N–H and O–H groups in total. The fourth-order valence-electron chi connectivity index (χ4n) is 1.66. The predicted molar refractivity (Wildman–Crippen MR) is 79.0 cm³/mol. The fraction of sp³-hybridized carbons (Fsp3) is 0.143. The third kappa shape index (κ3) is 2.97. The van der Waals surface area contributed by atoms with E-state index in [4.69, 9.17) is 20.9 Å². The highest BCUT2D eigenvalue weighted by atomic mass is 16.5. The van der Waals surface area contributed by atoms with E-state index in [1.165, 1.54) is 0 Å². The number of nitrogen functional groups attached to an aromatic ring is 2. The molecule has 104 valence electrons. The number of ether oxygens (including phenoxy) is 2. The number of methoxy groups -OCH3 is 2. The Morgan fingerprint density at radius 2 is 1.15 bits per heavy atom. The Balaban J connectivity index is 2.34. The van der Waals surface area contributed by atoms with Crippen LogP contribution in [0.25, 0.3) is 0 Å². The van der Waals surface area contributed by atoms with Gasteiger partial charge < -0.3 is 20.9 Å². The minimum Gasteiger partial charge on any atom is -0.494 e. The van der Waals surface area contributed by atoms with Crippen molar-refractivity contribution in [1.82, 2.24) is 0 Å². The van der Waals surface area contributed by atoms with Crippen molar-refractivity contribution in [2.45, 2.75) is 0 Å². The molecule has 0 aromatic heterocycles. The Labute approximate surface area is 117 Å². The molecule has 6 heteroatoms. The van der Waals surface area contributed by atoms with Crippen LogP contribution in [0.1, 0.15) is 0 Å². The van der Waals surface area contributed by atoms with Crippen LogP contribution in [0.15, 0.2) is 46.6 Å². The van der Waals surface area contributed by atoms with Crippen LogP contribution in [-0.4, -0.2) is 14.2 Å². The average Bonchev–Trinajstić information content (AvgIpc) is 2.46. The molecule has 0 spiro atoms. The van der Waals surface area contributed by atoms with E-state index < -0.39 is 0 Å². The quantitative estimate of drug-likeness (QED) is 0.659. The van der Waals surface area contributed by atoms with Gasteiger partial charge in [-0.2, -0.15) is 0 Å². The standard InChI is InChI=1S/C14H16N4O2/c1-19-13-7-9(15)3-5-11(13)17-18-12-6-4-10(16)8-14(12)20-2/h3-8H,15-16H2,1-2H3/b18-17+. The largest absolute Gasteiger partial charge is 0.494 e. The molecule has 0 heterocycles. The molecule has 0 fully saturated rings. The van der Waals surface area contributed by atoms with E-state index in [0.29, 0.717) is 34.2 Å². The zero-order valence-electron chi connectivity index (χ0n) is 11.3.